The van der Waals surface area contributed by atoms with Crippen molar-refractivity contribution in [3.8, 4) is 40.0 Å². The van der Waals surface area contributed by atoms with Crippen molar-refractivity contribution in [1.29, 1.82) is 0 Å². The molecule has 0 bridgehead atoms. The Kier molecular flexibility index (Phi) is 8.58. The number of ether oxygens (including phenoxy) is 2. The first-order valence-corrected chi connectivity index (χ1v) is 17.6. The lowest BCUT2D eigenvalue weighted by Crippen LogP contribution is -2.00. The van der Waals surface area contributed by atoms with E-state index in [-0.39, 0.29) is 0 Å². The molecule has 0 spiro atoms. The molecule has 0 N–H and O–H groups in total. The molecule has 0 saturated carbocycles. The van der Waals surface area contributed by atoms with Gasteiger partial charge in [0.05, 0.1) is 28.0 Å². The summed E-state index contributed by atoms with van der Waals surface area (Å²) in [4.78, 5) is 4.73. The highest BCUT2D eigenvalue weighted by molar-refractivity contribution is 6.09. The van der Waals surface area contributed by atoms with Crippen LogP contribution >= 0.6 is 0 Å². The highest BCUT2D eigenvalue weighted by atomic mass is 16.5. The molecule has 0 amide bonds. The Balaban J connectivity index is 1.19. The first-order chi connectivity index (χ1) is 25.0. The second kappa shape index (κ2) is 13.6. The SMILES string of the molecule is CCc1cccc(CC)c1-c1c(OCc2ccccc2)nn(-c2cccc(Oc3ccc4c5ccccc5n(-c5cc(C)ccn5)c4c3)c2)c1C. The Hall–Kier alpha value is -6.14. The number of hydrogen-bond donors (Lipinski definition) is 0. The monoisotopic (exact) mass is 668 g/mol. The summed E-state index contributed by atoms with van der Waals surface area (Å²) < 4.78 is 17.3. The van der Waals surface area contributed by atoms with Gasteiger partial charge in [0.1, 0.15) is 23.9 Å². The van der Waals surface area contributed by atoms with Crippen molar-refractivity contribution < 1.29 is 9.47 Å². The highest BCUT2D eigenvalue weighted by Gasteiger charge is 2.23. The smallest absolute Gasteiger partial charge is 0.241 e. The van der Waals surface area contributed by atoms with Crippen molar-refractivity contribution in [2.24, 2.45) is 0 Å². The first-order valence-electron chi connectivity index (χ1n) is 17.6. The third-order valence-corrected chi connectivity index (χ3v) is 9.62. The molecule has 6 heteroatoms. The molecule has 0 saturated heterocycles. The van der Waals surface area contributed by atoms with Gasteiger partial charge in [-0.05, 0) is 97.0 Å². The molecular formula is C45H40N4O2. The van der Waals surface area contributed by atoms with Crippen molar-refractivity contribution in [2.45, 2.75) is 47.1 Å². The molecule has 0 fully saturated rings. The van der Waals surface area contributed by atoms with Crippen molar-refractivity contribution in [3.63, 3.8) is 0 Å². The Morgan fingerprint density at radius 3 is 2.14 bits per heavy atom. The zero-order valence-electron chi connectivity index (χ0n) is 29.4. The summed E-state index contributed by atoms with van der Waals surface area (Å²) in [6.45, 7) is 9.06. The third-order valence-electron chi connectivity index (χ3n) is 9.62. The molecule has 0 aliphatic rings. The molecule has 8 rings (SSSR count). The van der Waals surface area contributed by atoms with E-state index in [1.165, 1.54) is 22.1 Å². The average molecular weight is 669 g/mol. The van der Waals surface area contributed by atoms with Gasteiger partial charge in [0.15, 0.2) is 0 Å². The van der Waals surface area contributed by atoms with Crippen molar-refractivity contribution in [1.82, 2.24) is 19.3 Å². The molecule has 252 valence electrons. The molecular weight excluding hydrogens is 629 g/mol. The zero-order valence-corrected chi connectivity index (χ0v) is 29.4. The number of para-hydroxylation sites is 1. The van der Waals surface area contributed by atoms with Gasteiger partial charge < -0.3 is 9.47 Å². The zero-order chi connectivity index (χ0) is 34.9. The summed E-state index contributed by atoms with van der Waals surface area (Å²) in [5, 5.41) is 7.44. The number of aromatic nitrogens is 4. The standard InChI is InChI=1S/C45H40N4O2/c1-5-33-16-12-17-34(6-2)44(33)43-31(4)49(47-45(43)50-29-32-14-8-7-9-15-32)35-18-13-19-36(27-35)51-37-22-23-39-38-20-10-11-21-40(38)48(41(39)28-37)42-26-30(3)24-25-46-42/h7-28H,5-6,29H2,1-4H3. The summed E-state index contributed by atoms with van der Waals surface area (Å²) in [6.07, 6.45) is 3.69. The fourth-order valence-corrected chi connectivity index (χ4v) is 7.12. The van der Waals surface area contributed by atoms with Crippen molar-refractivity contribution >= 4 is 21.8 Å². The third kappa shape index (κ3) is 6.03. The van der Waals surface area contributed by atoms with Gasteiger partial charge in [-0.25, -0.2) is 9.67 Å². The summed E-state index contributed by atoms with van der Waals surface area (Å²) in [5.41, 5.74) is 11.1. The number of fused-ring (bicyclic) bond motifs is 3. The summed E-state index contributed by atoms with van der Waals surface area (Å²) in [7, 11) is 0. The predicted octanol–water partition coefficient (Wildman–Crippen LogP) is 11.1. The molecule has 3 aromatic heterocycles. The van der Waals surface area contributed by atoms with Crippen LogP contribution in [0.1, 0.15) is 41.8 Å². The maximum atomic E-state index is 6.59. The van der Waals surface area contributed by atoms with Gasteiger partial charge in [0.25, 0.3) is 0 Å². The minimum absolute atomic E-state index is 0.431. The molecule has 8 aromatic rings. The minimum Gasteiger partial charge on any atom is -0.471 e. The summed E-state index contributed by atoms with van der Waals surface area (Å²) in [5.74, 6) is 2.97. The van der Waals surface area contributed by atoms with Gasteiger partial charge in [0.2, 0.25) is 5.88 Å². The predicted molar refractivity (Wildman–Crippen MR) is 207 cm³/mol. The maximum Gasteiger partial charge on any atom is 0.241 e. The number of benzene rings is 5. The molecule has 5 aromatic carbocycles. The van der Waals surface area contributed by atoms with Gasteiger partial charge in [-0.15, -0.1) is 5.10 Å². The van der Waals surface area contributed by atoms with Gasteiger partial charge in [-0.1, -0.05) is 86.6 Å². The molecule has 0 atom stereocenters. The van der Waals surface area contributed by atoms with Crippen LogP contribution in [0.15, 0.2) is 134 Å². The topological polar surface area (TPSA) is 54.1 Å². The lowest BCUT2D eigenvalue weighted by atomic mass is 9.92. The van der Waals surface area contributed by atoms with Gasteiger partial charge in [-0.2, -0.15) is 0 Å². The van der Waals surface area contributed by atoms with Gasteiger partial charge in [0, 0.05) is 29.1 Å². The number of rotatable bonds is 10. The minimum atomic E-state index is 0.431. The second-order valence-electron chi connectivity index (χ2n) is 12.9. The van der Waals surface area contributed by atoms with E-state index in [1.54, 1.807) is 0 Å². The maximum absolute atomic E-state index is 6.59. The van der Waals surface area contributed by atoms with Crippen LogP contribution < -0.4 is 9.47 Å². The van der Waals surface area contributed by atoms with Crippen LogP contribution in [0, 0.1) is 13.8 Å². The van der Waals surface area contributed by atoms with Gasteiger partial charge in [-0.3, -0.25) is 4.57 Å². The quantitative estimate of drug-likeness (QED) is 0.146. The Morgan fingerprint density at radius 1 is 0.627 bits per heavy atom. The largest absolute Gasteiger partial charge is 0.471 e. The normalized spacial score (nSPS) is 11.4. The fraction of sp³-hybridized carbons (Fsp3) is 0.156. The summed E-state index contributed by atoms with van der Waals surface area (Å²) in [6, 6.07) is 43.8. The van der Waals surface area contributed by atoms with Gasteiger partial charge >= 0.3 is 0 Å². The van der Waals surface area contributed by atoms with Crippen molar-refractivity contribution in [3.05, 3.63) is 162 Å². The van der Waals surface area contributed by atoms with E-state index < -0.39 is 0 Å². The summed E-state index contributed by atoms with van der Waals surface area (Å²) >= 11 is 0. The highest BCUT2D eigenvalue weighted by Crippen LogP contribution is 2.40. The van der Waals surface area contributed by atoms with Crippen LogP contribution in [0.4, 0.5) is 0 Å². The Labute approximate surface area is 298 Å². The second-order valence-corrected chi connectivity index (χ2v) is 12.9. The molecule has 51 heavy (non-hydrogen) atoms. The van der Waals surface area contributed by atoms with E-state index in [0.29, 0.717) is 12.5 Å². The van der Waals surface area contributed by atoms with Crippen LogP contribution in [0.2, 0.25) is 0 Å². The van der Waals surface area contributed by atoms with Crippen LogP contribution in [0.3, 0.4) is 0 Å². The van der Waals surface area contributed by atoms with Crippen LogP contribution in [-0.2, 0) is 19.4 Å². The van der Waals surface area contributed by atoms with Crippen LogP contribution in [0.25, 0.3) is 44.4 Å². The van der Waals surface area contributed by atoms with Crippen LogP contribution in [-0.4, -0.2) is 19.3 Å². The number of hydrogen-bond acceptors (Lipinski definition) is 4. The molecule has 0 radical (unpaired) electrons. The number of nitrogens with zero attached hydrogens (tertiary/aromatic N) is 4. The Morgan fingerprint density at radius 2 is 1.35 bits per heavy atom. The fourth-order valence-electron chi connectivity index (χ4n) is 7.12. The molecule has 6 nitrogen and oxygen atoms in total. The molecule has 0 aliphatic heterocycles. The average Bonchev–Trinajstić information content (AvgIpc) is 3.67. The van der Waals surface area contributed by atoms with E-state index in [9.17, 15) is 0 Å². The first kappa shape index (κ1) is 32.1. The van der Waals surface area contributed by atoms with E-state index >= 15 is 0 Å². The molecule has 0 aliphatic carbocycles. The molecule has 3 heterocycles. The number of aryl methyl sites for hydroxylation is 3. The van der Waals surface area contributed by atoms with E-state index in [4.69, 9.17) is 19.6 Å². The van der Waals surface area contributed by atoms with E-state index in [1.807, 2.05) is 59.4 Å². The Bertz CT molecular complexity index is 2490. The van der Waals surface area contributed by atoms with Crippen LogP contribution in [0.5, 0.6) is 17.4 Å². The molecule has 0 unspecified atom stereocenters. The van der Waals surface area contributed by atoms with E-state index in [0.717, 1.165) is 74.6 Å². The van der Waals surface area contributed by atoms with Crippen molar-refractivity contribution in [2.75, 3.05) is 0 Å². The lowest BCUT2D eigenvalue weighted by Gasteiger charge is -2.15. The lowest BCUT2D eigenvalue weighted by molar-refractivity contribution is 0.293. The van der Waals surface area contributed by atoms with E-state index in [2.05, 4.69) is 111 Å². The number of pyridine rings is 1.